The molecule has 0 aliphatic carbocycles. The van der Waals surface area contributed by atoms with Crippen LogP contribution >= 0.6 is 0 Å². The van der Waals surface area contributed by atoms with Crippen molar-refractivity contribution in [3.63, 3.8) is 0 Å². The Kier molecular flexibility index (Phi) is 5.71. The Morgan fingerprint density at radius 2 is 2.03 bits per heavy atom. The molecule has 1 aliphatic heterocycles. The lowest BCUT2D eigenvalue weighted by atomic mass is 10.0. The molecule has 1 N–H and O–H groups in total. The number of pyridine rings is 1. The van der Waals surface area contributed by atoms with Gasteiger partial charge >= 0.3 is 0 Å². The molecule has 1 saturated heterocycles. The molecule has 1 aromatic carbocycles. The summed E-state index contributed by atoms with van der Waals surface area (Å²) in [7, 11) is 0. The van der Waals surface area contributed by atoms with Crippen LogP contribution in [0, 0.1) is 0 Å². The molecule has 0 saturated carbocycles. The molecular formula is C23H26N4O2. The zero-order valence-electron chi connectivity index (χ0n) is 16.8. The van der Waals surface area contributed by atoms with Crippen molar-refractivity contribution >= 4 is 0 Å². The van der Waals surface area contributed by atoms with E-state index in [2.05, 4.69) is 27.0 Å². The van der Waals surface area contributed by atoms with E-state index >= 15 is 0 Å². The number of ether oxygens (including phenoxy) is 1. The van der Waals surface area contributed by atoms with Crippen molar-refractivity contribution in [3.8, 4) is 17.3 Å². The number of likely N-dealkylation sites (tertiary alicyclic amines) is 1. The summed E-state index contributed by atoms with van der Waals surface area (Å²) in [5, 5.41) is 0. The standard InChI is InChI=1S/C23H26N4O2/c1-16(2)29-19-8-6-17(7-9-19)14-27-12-10-18(15-27)21-13-22(28)26-23(25-21)20-5-3-4-11-24-20/h3-9,11,13,16,18H,10,12,14-15H2,1-2H3,(H,25,26,28). The Labute approximate surface area is 170 Å². The number of aromatic amines is 1. The molecule has 0 amide bonds. The summed E-state index contributed by atoms with van der Waals surface area (Å²) in [5.74, 6) is 1.69. The Hall–Kier alpha value is -2.99. The molecule has 2 aromatic heterocycles. The summed E-state index contributed by atoms with van der Waals surface area (Å²) in [4.78, 5) is 26.4. The van der Waals surface area contributed by atoms with E-state index in [1.165, 1.54) is 5.56 Å². The van der Waals surface area contributed by atoms with Crippen LogP contribution in [0.25, 0.3) is 11.5 Å². The van der Waals surface area contributed by atoms with Gasteiger partial charge in [0, 0.05) is 31.3 Å². The molecule has 1 aliphatic rings. The summed E-state index contributed by atoms with van der Waals surface area (Å²) in [6.07, 6.45) is 2.88. The second-order valence-corrected chi connectivity index (χ2v) is 7.77. The molecule has 0 spiro atoms. The summed E-state index contributed by atoms with van der Waals surface area (Å²) >= 11 is 0. The third-order valence-corrected chi connectivity index (χ3v) is 5.06. The van der Waals surface area contributed by atoms with E-state index in [1.807, 2.05) is 44.2 Å². The molecule has 3 aromatic rings. The number of aromatic nitrogens is 3. The summed E-state index contributed by atoms with van der Waals surface area (Å²) in [5.41, 5.74) is 2.66. The van der Waals surface area contributed by atoms with Crippen molar-refractivity contribution in [2.24, 2.45) is 0 Å². The first-order chi connectivity index (χ1) is 14.1. The van der Waals surface area contributed by atoms with Crippen LogP contribution in [0.15, 0.2) is 59.5 Å². The normalized spacial score (nSPS) is 17.0. The third kappa shape index (κ3) is 4.90. The minimum Gasteiger partial charge on any atom is -0.491 e. The molecule has 0 bridgehead atoms. The largest absolute Gasteiger partial charge is 0.491 e. The highest BCUT2D eigenvalue weighted by Crippen LogP contribution is 2.27. The molecule has 29 heavy (non-hydrogen) atoms. The predicted molar refractivity (Wildman–Crippen MR) is 113 cm³/mol. The smallest absolute Gasteiger partial charge is 0.251 e. The van der Waals surface area contributed by atoms with Crippen molar-refractivity contribution in [2.75, 3.05) is 13.1 Å². The number of hydrogen-bond acceptors (Lipinski definition) is 5. The molecule has 1 fully saturated rings. The average Bonchev–Trinajstić information content (AvgIpc) is 3.18. The van der Waals surface area contributed by atoms with E-state index in [0.717, 1.165) is 37.5 Å². The van der Waals surface area contributed by atoms with Crippen LogP contribution in [-0.2, 0) is 6.54 Å². The van der Waals surface area contributed by atoms with Crippen molar-refractivity contribution in [3.05, 3.63) is 76.3 Å². The molecule has 150 valence electrons. The number of nitrogens with one attached hydrogen (secondary N) is 1. The van der Waals surface area contributed by atoms with Gasteiger partial charge < -0.3 is 9.72 Å². The minimum absolute atomic E-state index is 0.130. The van der Waals surface area contributed by atoms with Gasteiger partial charge in [0.1, 0.15) is 11.4 Å². The number of nitrogens with zero attached hydrogens (tertiary/aromatic N) is 3. The van der Waals surface area contributed by atoms with Gasteiger partial charge in [0.2, 0.25) is 0 Å². The number of benzene rings is 1. The van der Waals surface area contributed by atoms with Crippen molar-refractivity contribution < 1.29 is 4.74 Å². The fourth-order valence-corrected chi connectivity index (χ4v) is 3.73. The minimum atomic E-state index is -0.130. The van der Waals surface area contributed by atoms with Crippen LogP contribution < -0.4 is 10.3 Å². The molecule has 6 nitrogen and oxygen atoms in total. The molecule has 0 radical (unpaired) electrons. The zero-order valence-corrected chi connectivity index (χ0v) is 16.8. The maximum absolute atomic E-state index is 12.2. The third-order valence-electron chi connectivity index (χ3n) is 5.06. The van der Waals surface area contributed by atoms with E-state index in [0.29, 0.717) is 11.5 Å². The van der Waals surface area contributed by atoms with E-state index in [9.17, 15) is 4.79 Å². The summed E-state index contributed by atoms with van der Waals surface area (Å²) < 4.78 is 5.71. The van der Waals surface area contributed by atoms with Crippen LogP contribution in [0.3, 0.4) is 0 Å². The van der Waals surface area contributed by atoms with Gasteiger partial charge in [0.25, 0.3) is 5.56 Å². The predicted octanol–water partition coefficient (Wildman–Crippen LogP) is 3.61. The van der Waals surface area contributed by atoms with Gasteiger partial charge in [-0.3, -0.25) is 14.7 Å². The first-order valence-corrected chi connectivity index (χ1v) is 10.1. The van der Waals surface area contributed by atoms with Gasteiger partial charge in [-0.05, 0) is 56.6 Å². The van der Waals surface area contributed by atoms with Gasteiger partial charge in [-0.25, -0.2) is 4.98 Å². The highest BCUT2D eigenvalue weighted by Gasteiger charge is 2.25. The average molecular weight is 390 g/mol. The molecule has 3 heterocycles. The maximum Gasteiger partial charge on any atom is 0.251 e. The Morgan fingerprint density at radius 1 is 1.21 bits per heavy atom. The second-order valence-electron chi connectivity index (χ2n) is 7.77. The second kappa shape index (κ2) is 8.57. The number of rotatable bonds is 6. The lowest BCUT2D eigenvalue weighted by molar-refractivity contribution is 0.242. The number of hydrogen-bond donors (Lipinski definition) is 1. The lowest BCUT2D eigenvalue weighted by Crippen LogP contribution is -2.20. The summed E-state index contributed by atoms with van der Waals surface area (Å²) in [6.45, 7) is 6.82. The quantitative estimate of drug-likeness (QED) is 0.696. The van der Waals surface area contributed by atoms with Crippen molar-refractivity contribution in [2.45, 2.75) is 38.8 Å². The molecule has 1 unspecified atom stereocenters. The van der Waals surface area contributed by atoms with Crippen molar-refractivity contribution in [1.29, 1.82) is 0 Å². The topological polar surface area (TPSA) is 71.1 Å². The Balaban J connectivity index is 1.43. The zero-order chi connectivity index (χ0) is 20.2. The fraction of sp³-hybridized carbons (Fsp3) is 0.348. The van der Waals surface area contributed by atoms with Gasteiger partial charge in [-0.15, -0.1) is 0 Å². The first-order valence-electron chi connectivity index (χ1n) is 10.1. The highest BCUT2D eigenvalue weighted by atomic mass is 16.5. The molecule has 1 atom stereocenters. The van der Waals surface area contributed by atoms with Gasteiger partial charge in [-0.1, -0.05) is 18.2 Å². The number of H-pyrrole nitrogens is 1. The van der Waals surface area contributed by atoms with Crippen LogP contribution in [0.2, 0.25) is 0 Å². The van der Waals surface area contributed by atoms with Crippen LogP contribution in [0.1, 0.15) is 37.4 Å². The summed E-state index contributed by atoms with van der Waals surface area (Å²) in [6, 6.07) is 15.5. The highest BCUT2D eigenvalue weighted by molar-refractivity contribution is 5.48. The monoisotopic (exact) mass is 390 g/mol. The van der Waals surface area contributed by atoms with E-state index in [-0.39, 0.29) is 17.6 Å². The van der Waals surface area contributed by atoms with Crippen LogP contribution in [0.5, 0.6) is 5.75 Å². The maximum atomic E-state index is 12.2. The fourth-order valence-electron chi connectivity index (χ4n) is 3.73. The molecular weight excluding hydrogens is 364 g/mol. The van der Waals surface area contributed by atoms with Gasteiger partial charge in [0.15, 0.2) is 5.82 Å². The van der Waals surface area contributed by atoms with Gasteiger partial charge in [0.05, 0.1) is 11.8 Å². The lowest BCUT2D eigenvalue weighted by Gasteiger charge is -2.17. The van der Waals surface area contributed by atoms with E-state index in [1.54, 1.807) is 12.3 Å². The van der Waals surface area contributed by atoms with Crippen LogP contribution in [0.4, 0.5) is 0 Å². The van der Waals surface area contributed by atoms with E-state index in [4.69, 9.17) is 9.72 Å². The Morgan fingerprint density at radius 3 is 2.76 bits per heavy atom. The van der Waals surface area contributed by atoms with Crippen LogP contribution in [-0.4, -0.2) is 39.0 Å². The molecule has 6 heteroatoms. The Bertz CT molecular complexity index is 999. The van der Waals surface area contributed by atoms with Crippen molar-refractivity contribution in [1.82, 2.24) is 19.9 Å². The van der Waals surface area contributed by atoms with E-state index < -0.39 is 0 Å². The van der Waals surface area contributed by atoms with Gasteiger partial charge in [-0.2, -0.15) is 0 Å². The molecule has 4 rings (SSSR count). The SMILES string of the molecule is CC(C)Oc1ccc(CN2CCC(c3cc(=O)[nH]c(-c4ccccn4)n3)C2)cc1. The first kappa shape index (κ1) is 19.3.